The number of aromatic hydroxyl groups is 3. The van der Waals surface area contributed by atoms with E-state index >= 15 is 0 Å². The third-order valence-corrected chi connectivity index (χ3v) is 2.43. The summed E-state index contributed by atoms with van der Waals surface area (Å²) in [7, 11) is 0. The molecule has 0 radical (unpaired) electrons. The number of rotatable bonds is 4. The first-order valence-electron chi connectivity index (χ1n) is 4.67. The van der Waals surface area contributed by atoms with Gasteiger partial charge in [0.1, 0.15) is 5.54 Å². The molecular formula is C10H13NO6. The molecule has 0 saturated heterocycles. The number of benzene rings is 1. The minimum absolute atomic E-state index is 0.0132. The first-order valence-corrected chi connectivity index (χ1v) is 4.67. The second kappa shape index (κ2) is 4.48. The van der Waals surface area contributed by atoms with Crippen LogP contribution in [-0.2, 0) is 11.2 Å². The van der Waals surface area contributed by atoms with Crippen LogP contribution in [0.5, 0.6) is 17.2 Å². The van der Waals surface area contributed by atoms with Gasteiger partial charge in [-0.15, -0.1) is 0 Å². The number of phenolic OH excluding ortho intramolecular Hbond substituents is 3. The van der Waals surface area contributed by atoms with E-state index in [4.69, 9.17) is 21.1 Å². The molecule has 0 fully saturated rings. The Hall–Kier alpha value is -1.99. The number of aliphatic hydroxyl groups excluding tert-OH is 1. The number of hydrogen-bond donors (Lipinski definition) is 6. The molecule has 0 aliphatic heterocycles. The van der Waals surface area contributed by atoms with Crippen LogP contribution in [0.4, 0.5) is 0 Å². The third kappa shape index (κ3) is 2.40. The smallest absolute Gasteiger partial charge is 0.326 e. The van der Waals surface area contributed by atoms with Crippen LogP contribution in [0.3, 0.4) is 0 Å². The lowest BCUT2D eigenvalue weighted by Crippen LogP contribution is -2.53. The summed E-state index contributed by atoms with van der Waals surface area (Å²) in [6.07, 6.45) is -0.390. The van der Waals surface area contributed by atoms with Gasteiger partial charge in [-0.3, -0.25) is 4.79 Å². The van der Waals surface area contributed by atoms with Crippen molar-refractivity contribution in [3.05, 3.63) is 17.7 Å². The lowest BCUT2D eigenvalue weighted by molar-refractivity contribution is -0.144. The van der Waals surface area contributed by atoms with E-state index in [2.05, 4.69) is 0 Å². The molecule has 0 heterocycles. The summed E-state index contributed by atoms with van der Waals surface area (Å²) in [5.41, 5.74) is 3.48. The molecule has 0 aliphatic rings. The lowest BCUT2D eigenvalue weighted by Gasteiger charge is -2.22. The van der Waals surface area contributed by atoms with Gasteiger partial charge in [0.2, 0.25) is 5.75 Å². The highest BCUT2D eigenvalue weighted by Crippen LogP contribution is 2.38. The number of carbonyl (C=O) groups is 1. The molecule has 1 aromatic carbocycles. The molecule has 1 atom stereocenters. The predicted octanol–water partition coefficient (Wildman–Crippen LogP) is -0.880. The molecule has 7 N–H and O–H groups in total. The van der Waals surface area contributed by atoms with Crippen molar-refractivity contribution in [2.24, 2.45) is 5.73 Å². The Morgan fingerprint density at radius 3 is 2.29 bits per heavy atom. The van der Waals surface area contributed by atoms with E-state index in [1.807, 2.05) is 0 Å². The largest absolute Gasteiger partial charge is 0.504 e. The SMILES string of the molecule is N[C@](CO)(Cc1ccc(O)c(O)c1O)C(=O)O. The molecule has 94 valence electrons. The molecule has 0 aliphatic carbocycles. The van der Waals surface area contributed by atoms with Crippen LogP contribution >= 0.6 is 0 Å². The Labute approximate surface area is 96.4 Å². The first kappa shape index (κ1) is 13.1. The van der Waals surface area contributed by atoms with E-state index in [0.717, 1.165) is 6.07 Å². The normalized spacial score (nSPS) is 14.2. The number of aliphatic carboxylic acids is 1. The molecule has 7 nitrogen and oxygen atoms in total. The number of hydrogen-bond acceptors (Lipinski definition) is 6. The van der Waals surface area contributed by atoms with Crippen LogP contribution in [-0.4, -0.2) is 43.6 Å². The van der Waals surface area contributed by atoms with Crippen molar-refractivity contribution in [2.45, 2.75) is 12.0 Å². The molecule has 0 amide bonds. The zero-order valence-corrected chi connectivity index (χ0v) is 8.79. The molecule has 1 aromatic rings. The van der Waals surface area contributed by atoms with Crippen molar-refractivity contribution in [1.82, 2.24) is 0 Å². The van der Waals surface area contributed by atoms with Crippen LogP contribution in [0.25, 0.3) is 0 Å². The molecule has 0 bridgehead atoms. The molecule has 17 heavy (non-hydrogen) atoms. The fraction of sp³-hybridized carbons (Fsp3) is 0.300. The summed E-state index contributed by atoms with van der Waals surface area (Å²) in [5, 5.41) is 45.6. The van der Waals surface area contributed by atoms with Gasteiger partial charge >= 0.3 is 5.97 Å². The lowest BCUT2D eigenvalue weighted by atomic mass is 9.92. The highest BCUT2D eigenvalue weighted by molar-refractivity contribution is 5.79. The summed E-state index contributed by atoms with van der Waals surface area (Å²) in [6.45, 7) is -0.830. The summed E-state index contributed by atoms with van der Waals surface area (Å²) in [4.78, 5) is 10.8. The molecule has 7 heteroatoms. The van der Waals surface area contributed by atoms with Gasteiger partial charge in [-0.1, -0.05) is 6.07 Å². The van der Waals surface area contributed by atoms with Crippen molar-refractivity contribution in [1.29, 1.82) is 0 Å². The maximum absolute atomic E-state index is 10.8. The second-order valence-electron chi connectivity index (χ2n) is 3.74. The van der Waals surface area contributed by atoms with Gasteiger partial charge in [-0.05, 0) is 6.07 Å². The fourth-order valence-electron chi connectivity index (χ4n) is 1.29. The van der Waals surface area contributed by atoms with Gasteiger partial charge in [-0.25, -0.2) is 0 Å². The van der Waals surface area contributed by atoms with E-state index < -0.39 is 41.8 Å². The molecule has 0 saturated carbocycles. The molecule has 0 aromatic heterocycles. The number of nitrogens with two attached hydrogens (primary N) is 1. The van der Waals surface area contributed by atoms with Gasteiger partial charge in [0, 0.05) is 12.0 Å². The van der Waals surface area contributed by atoms with Crippen molar-refractivity contribution in [3.63, 3.8) is 0 Å². The molecular weight excluding hydrogens is 230 g/mol. The Bertz CT molecular complexity index is 447. The van der Waals surface area contributed by atoms with Crippen molar-refractivity contribution in [2.75, 3.05) is 6.61 Å². The summed E-state index contributed by atoms with van der Waals surface area (Å²) >= 11 is 0. The molecule has 0 spiro atoms. The van der Waals surface area contributed by atoms with Crippen molar-refractivity contribution in [3.8, 4) is 17.2 Å². The van der Waals surface area contributed by atoms with E-state index in [-0.39, 0.29) is 5.56 Å². The van der Waals surface area contributed by atoms with Crippen molar-refractivity contribution < 1.29 is 30.3 Å². The average molecular weight is 243 g/mol. The monoisotopic (exact) mass is 243 g/mol. The fourth-order valence-corrected chi connectivity index (χ4v) is 1.29. The van der Waals surface area contributed by atoms with Crippen molar-refractivity contribution >= 4 is 5.97 Å². The zero-order valence-electron chi connectivity index (χ0n) is 8.79. The first-order chi connectivity index (χ1) is 7.81. The van der Waals surface area contributed by atoms with Crippen LogP contribution in [0.15, 0.2) is 12.1 Å². The Kier molecular flexibility index (Phi) is 3.45. The summed E-state index contributed by atoms with van der Waals surface area (Å²) < 4.78 is 0. The van der Waals surface area contributed by atoms with Gasteiger partial charge in [0.15, 0.2) is 11.5 Å². The highest BCUT2D eigenvalue weighted by atomic mass is 16.4. The van der Waals surface area contributed by atoms with Gasteiger partial charge in [-0.2, -0.15) is 0 Å². The number of carboxylic acid groups (broad SMARTS) is 1. The Morgan fingerprint density at radius 2 is 1.82 bits per heavy atom. The third-order valence-electron chi connectivity index (χ3n) is 2.43. The van der Waals surface area contributed by atoms with Crippen LogP contribution in [0, 0.1) is 0 Å². The maximum Gasteiger partial charge on any atom is 0.326 e. The van der Waals surface area contributed by atoms with E-state index in [9.17, 15) is 15.0 Å². The summed E-state index contributed by atoms with van der Waals surface area (Å²) in [6, 6.07) is 2.30. The Balaban J connectivity index is 3.11. The molecule has 1 rings (SSSR count). The molecule has 0 unspecified atom stereocenters. The number of carboxylic acids is 1. The van der Waals surface area contributed by atoms with Gasteiger partial charge in [0.25, 0.3) is 0 Å². The van der Waals surface area contributed by atoms with Crippen LogP contribution in [0.1, 0.15) is 5.56 Å². The van der Waals surface area contributed by atoms with Gasteiger partial charge in [0.05, 0.1) is 6.61 Å². The van der Waals surface area contributed by atoms with Gasteiger partial charge < -0.3 is 31.3 Å². The summed E-state index contributed by atoms with van der Waals surface area (Å²) in [5.74, 6) is -3.39. The number of phenols is 3. The standard InChI is InChI=1S/C10H13NO6/c11-10(4-12,9(16)17)3-5-1-2-6(13)8(15)7(5)14/h1-2,12-15H,3-4,11H2,(H,16,17)/t10-/m0/s1. The van der Waals surface area contributed by atoms with Crippen LogP contribution in [0.2, 0.25) is 0 Å². The van der Waals surface area contributed by atoms with E-state index in [1.54, 1.807) is 0 Å². The maximum atomic E-state index is 10.8. The van der Waals surface area contributed by atoms with E-state index in [1.165, 1.54) is 6.07 Å². The average Bonchev–Trinajstić information content (AvgIpc) is 2.29. The predicted molar refractivity (Wildman–Crippen MR) is 56.8 cm³/mol. The second-order valence-corrected chi connectivity index (χ2v) is 3.74. The Morgan fingerprint density at radius 1 is 1.24 bits per heavy atom. The quantitative estimate of drug-likeness (QED) is 0.377. The minimum Gasteiger partial charge on any atom is -0.504 e. The zero-order chi connectivity index (χ0) is 13.2. The van der Waals surface area contributed by atoms with Crippen LogP contribution < -0.4 is 5.73 Å². The highest BCUT2D eigenvalue weighted by Gasteiger charge is 2.34. The van der Waals surface area contributed by atoms with E-state index in [0.29, 0.717) is 0 Å². The topological polar surface area (TPSA) is 144 Å². The number of aliphatic hydroxyl groups is 1. The minimum atomic E-state index is -1.96.